The van der Waals surface area contributed by atoms with Gasteiger partial charge in [-0.1, -0.05) is 12.1 Å². The van der Waals surface area contributed by atoms with Crippen LogP contribution in [0.2, 0.25) is 0 Å². The maximum Gasteiger partial charge on any atom is 0.257 e. The average molecular weight is 323 g/mol. The summed E-state index contributed by atoms with van der Waals surface area (Å²) < 4.78 is 1.07. The van der Waals surface area contributed by atoms with Crippen molar-refractivity contribution in [2.45, 2.75) is 6.17 Å². The van der Waals surface area contributed by atoms with Gasteiger partial charge in [0.15, 0.2) is 0 Å². The maximum absolute atomic E-state index is 12.3. The highest BCUT2D eigenvalue weighted by Crippen LogP contribution is 2.35. The number of hydrogen-bond acceptors (Lipinski definition) is 3. The number of para-hydroxylation sites is 1. The second-order valence-electron chi connectivity index (χ2n) is 4.15. The first-order valence-corrected chi connectivity index (χ1v) is 7.16. The number of nitrogens with one attached hydrogen (secondary N) is 1. The molecule has 3 nitrogen and oxygen atoms in total. The van der Waals surface area contributed by atoms with Crippen molar-refractivity contribution in [3.63, 3.8) is 0 Å². The second kappa shape index (κ2) is 4.40. The molecule has 18 heavy (non-hydrogen) atoms. The average Bonchev–Trinajstić information content (AvgIpc) is 2.80. The number of benzene rings is 1. The lowest BCUT2D eigenvalue weighted by Crippen LogP contribution is -2.39. The van der Waals surface area contributed by atoms with E-state index in [9.17, 15) is 4.79 Å². The van der Waals surface area contributed by atoms with Crippen LogP contribution in [-0.2, 0) is 0 Å². The fourth-order valence-electron chi connectivity index (χ4n) is 2.08. The Hall–Kier alpha value is -1.33. The van der Waals surface area contributed by atoms with E-state index in [-0.39, 0.29) is 12.1 Å². The molecule has 92 valence electrons. The molecule has 0 saturated carbocycles. The second-order valence-corrected chi connectivity index (χ2v) is 6.64. The third-order valence-corrected chi connectivity index (χ3v) is 4.70. The van der Waals surface area contributed by atoms with Crippen molar-refractivity contribution in [1.82, 2.24) is 4.90 Å². The van der Waals surface area contributed by atoms with Crippen LogP contribution < -0.4 is 5.32 Å². The zero-order chi connectivity index (χ0) is 12.7. The summed E-state index contributed by atoms with van der Waals surface area (Å²) in [6.07, 6.45) is -0.0938. The summed E-state index contributed by atoms with van der Waals surface area (Å²) in [4.78, 5) is 15.1. The predicted octanol–water partition coefficient (Wildman–Crippen LogP) is 3.71. The molecule has 1 aromatic heterocycles. The molecule has 1 N–H and O–H groups in total. The summed E-state index contributed by atoms with van der Waals surface area (Å²) in [5.41, 5.74) is 1.63. The van der Waals surface area contributed by atoms with Crippen molar-refractivity contribution in [3.05, 3.63) is 50.6 Å². The lowest BCUT2D eigenvalue weighted by molar-refractivity contribution is 0.0738. The lowest BCUT2D eigenvalue weighted by atomic mass is 10.1. The van der Waals surface area contributed by atoms with Crippen LogP contribution in [0.4, 0.5) is 5.69 Å². The molecular weight excluding hydrogens is 312 g/mol. The molecule has 0 bridgehead atoms. The number of amides is 1. The summed E-state index contributed by atoms with van der Waals surface area (Å²) in [7, 11) is 1.82. The molecule has 1 aromatic carbocycles. The summed E-state index contributed by atoms with van der Waals surface area (Å²) >= 11 is 5.09. The van der Waals surface area contributed by atoms with Gasteiger partial charge in [-0.2, -0.15) is 0 Å². The first-order valence-electron chi connectivity index (χ1n) is 5.55. The van der Waals surface area contributed by atoms with Gasteiger partial charge in [0.1, 0.15) is 6.17 Å². The smallest absolute Gasteiger partial charge is 0.257 e. The minimum atomic E-state index is -0.0938. The number of fused-ring (bicyclic) bond motifs is 1. The van der Waals surface area contributed by atoms with E-state index in [0.717, 1.165) is 19.9 Å². The van der Waals surface area contributed by atoms with Gasteiger partial charge in [0.2, 0.25) is 0 Å². The lowest BCUT2D eigenvalue weighted by Gasteiger charge is -2.34. The van der Waals surface area contributed by atoms with Crippen molar-refractivity contribution in [2.75, 3.05) is 12.4 Å². The first-order chi connectivity index (χ1) is 8.66. The van der Waals surface area contributed by atoms with E-state index < -0.39 is 0 Å². The molecule has 0 aliphatic carbocycles. The molecule has 2 heterocycles. The van der Waals surface area contributed by atoms with E-state index in [1.54, 1.807) is 16.2 Å². The zero-order valence-electron chi connectivity index (χ0n) is 9.68. The highest BCUT2D eigenvalue weighted by molar-refractivity contribution is 9.11. The molecule has 1 aliphatic heterocycles. The number of thiophene rings is 1. The zero-order valence-corrected chi connectivity index (χ0v) is 12.1. The summed E-state index contributed by atoms with van der Waals surface area (Å²) in [5, 5.41) is 3.40. The quantitative estimate of drug-likeness (QED) is 0.868. The normalized spacial score (nSPS) is 18.4. The fraction of sp³-hybridized carbons (Fsp3) is 0.154. The number of carbonyl (C=O) groups excluding carboxylic acids is 1. The van der Waals surface area contributed by atoms with Crippen molar-refractivity contribution >= 4 is 38.9 Å². The number of rotatable bonds is 1. The third-order valence-electron chi connectivity index (χ3n) is 3.02. The summed E-state index contributed by atoms with van der Waals surface area (Å²) in [5.74, 6) is 0.0545. The van der Waals surface area contributed by atoms with E-state index in [0.29, 0.717) is 0 Å². The molecule has 1 atom stereocenters. The highest BCUT2D eigenvalue weighted by Gasteiger charge is 2.30. The molecule has 0 unspecified atom stereocenters. The number of carbonyl (C=O) groups is 1. The Morgan fingerprint density at radius 2 is 2.06 bits per heavy atom. The van der Waals surface area contributed by atoms with Crippen LogP contribution in [0.1, 0.15) is 21.4 Å². The Morgan fingerprint density at radius 3 is 2.78 bits per heavy atom. The summed E-state index contributed by atoms with van der Waals surface area (Å²) in [6.45, 7) is 0. The van der Waals surface area contributed by atoms with E-state index in [2.05, 4.69) is 21.2 Å². The van der Waals surface area contributed by atoms with Gasteiger partial charge in [-0.3, -0.25) is 4.79 Å². The molecule has 0 fully saturated rings. The van der Waals surface area contributed by atoms with Crippen molar-refractivity contribution < 1.29 is 4.79 Å². The standard InChI is InChI=1S/C13H11BrN2OS/c1-16-12(10-6-7-11(14)18-10)15-9-5-3-2-4-8(9)13(16)17/h2-7,12,15H,1H3/t12-/m1/s1. The van der Waals surface area contributed by atoms with Crippen LogP contribution in [-0.4, -0.2) is 17.9 Å². The van der Waals surface area contributed by atoms with Gasteiger partial charge in [0, 0.05) is 17.6 Å². The van der Waals surface area contributed by atoms with E-state index in [1.165, 1.54) is 0 Å². The van der Waals surface area contributed by atoms with Gasteiger partial charge in [0.25, 0.3) is 5.91 Å². The van der Waals surface area contributed by atoms with Gasteiger partial charge in [-0.05, 0) is 40.2 Å². The Kier molecular flexibility index (Phi) is 2.87. The number of nitrogens with zero attached hydrogens (tertiary/aromatic N) is 1. The summed E-state index contributed by atoms with van der Waals surface area (Å²) in [6, 6.07) is 11.6. The van der Waals surface area contributed by atoms with Gasteiger partial charge < -0.3 is 10.2 Å². The Morgan fingerprint density at radius 1 is 1.28 bits per heavy atom. The topological polar surface area (TPSA) is 32.3 Å². The van der Waals surface area contributed by atoms with E-state index >= 15 is 0 Å². The molecular formula is C13H11BrN2OS. The van der Waals surface area contributed by atoms with Gasteiger partial charge >= 0.3 is 0 Å². The van der Waals surface area contributed by atoms with Gasteiger partial charge in [-0.25, -0.2) is 0 Å². The number of halogens is 1. The molecule has 0 radical (unpaired) electrons. The SMILES string of the molecule is CN1C(=O)c2ccccc2N[C@H]1c1ccc(Br)s1. The maximum atomic E-state index is 12.3. The molecule has 5 heteroatoms. The predicted molar refractivity (Wildman–Crippen MR) is 76.9 cm³/mol. The van der Waals surface area contributed by atoms with Crippen LogP contribution in [0, 0.1) is 0 Å². The largest absolute Gasteiger partial charge is 0.360 e. The van der Waals surface area contributed by atoms with Crippen LogP contribution in [0.5, 0.6) is 0 Å². The third kappa shape index (κ3) is 1.83. The minimum Gasteiger partial charge on any atom is -0.360 e. The molecule has 0 saturated heterocycles. The number of anilines is 1. The van der Waals surface area contributed by atoms with E-state index in [4.69, 9.17) is 0 Å². The van der Waals surface area contributed by atoms with Crippen LogP contribution in [0.25, 0.3) is 0 Å². The molecule has 0 spiro atoms. The van der Waals surface area contributed by atoms with Crippen molar-refractivity contribution in [2.24, 2.45) is 0 Å². The highest BCUT2D eigenvalue weighted by atomic mass is 79.9. The first kappa shape index (κ1) is 11.7. The Labute approximate surface area is 118 Å². The van der Waals surface area contributed by atoms with Gasteiger partial charge in [-0.15, -0.1) is 11.3 Å². The molecule has 1 aliphatic rings. The number of hydrogen-bond donors (Lipinski definition) is 1. The molecule has 1 amide bonds. The van der Waals surface area contributed by atoms with Crippen molar-refractivity contribution in [3.8, 4) is 0 Å². The van der Waals surface area contributed by atoms with Crippen molar-refractivity contribution in [1.29, 1.82) is 0 Å². The van der Waals surface area contributed by atoms with Crippen LogP contribution in [0.15, 0.2) is 40.2 Å². The van der Waals surface area contributed by atoms with Crippen LogP contribution >= 0.6 is 27.3 Å². The Balaban J connectivity index is 2.03. The fourth-order valence-corrected chi connectivity index (χ4v) is 3.60. The molecule has 3 rings (SSSR count). The van der Waals surface area contributed by atoms with E-state index in [1.807, 2.05) is 43.4 Å². The molecule has 2 aromatic rings. The monoisotopic (exact) mass is 322 g/mol. The minimum absolute atomic E-state index is 0.0545. The van der Waals surface area contributed by atoms with Gasteiger partial charge in [0.05, 0.1) is 9.35 Å². The Bertz CT molecular complexity index is 611. The van der Waals surface area contributed by atoms with Crippen LogP contribution in [0.3, 0.4) is 0 Å².